The number of halogens is 1. The van der Waals surface area contributed by atoms with Crippen molar-refractivity contribution in [2.24, 2.45) is 0 Å². The fourth-order valence-electron chi connectivity index (χ4n) is 1.24. The lowest BCUT2D eigenvalue weighted by Gasteiger charge is -2.03. The van der Waals surface area contributed by atoms with Gasteiger partial charge >= 0.3 is 0 Å². The summed E-state index contributed by atoms with van der Waals surface area (Å²) in [6, 6.07) is 8.39. The van der Waals surface area contributed by atoms with E-state index in [2.05, 4.69) is 49.5 Å². The van der Waals surface area contributed by atoms with Crippen molar-refractivity contribution >= 4 is 11.6 Å². The highest BCUT2D eigenvalue weighted by atomic mass is 35.5. The average molecular weight is 224 g/mol. The van der Waals surface area contributed by atoms with Crippen LogP contribution in [-0.2, 0) is 12.4 Å². The van der Waals surface area contributed by atoms with Gasteiger partial charge in [-0.3, -0.25) is 0 Å². The van der Waals surface area contributed by atoms with Crippen molar-refractivity contribution in [1.82, 2.24) is 5.32 Å². The Kier molecular flexibility index (Phi) is 5.44. The number of alkyl halides is 1. The zero-order valence-electron chi connectivity index (χ0n) is 9.39. The molecule has 0 saturated heterocycles. The van der Waals surface area contributed by atoms with Gasteiger partial charge in [0.15, 0.2) is 0 Å². The summed E-state index contributed by atoms with van der Waals surface area (Å²) in [6.07, 6.45) is 2.19. The van der Waals surface area contributed by atoms with E-state index in [1.165, 1.54) is 16.7 Å². The fraction of sp³-hybridized carbons (Fsp3) is 0.385. The van der Waals surface area contributed by atoms with Crippen molar-refractivity contribution < 1.29 is 0 Å². The Labute approximate surface area is 97.1 Å². The summed E-state index contributed by atoms with van der Waals surface area (Å²) in [4.78, 5) is 0. The number of hydrogen-bond donors (Lipinski definition) is 1. The summed E-state index contributed by atoms with van der Waals surface area (Å²) in [5.41, 5.74) is 3.82. The van der Waals surface area contributed by atoms with Gasteiger partial charge in [0.05, 0.1) is 0 Å². The molecule has 1 rings (SSSR count). The van der Waals surface area contributed by atoms with Crippen molar-refractivity contribution in [1.29, 1.82) is 0 Å². The van der Waals surface area contributed by atoms with Crippen LogP contribution in [0.15, 0.2) is 35.9 Å². The lowest BCUT2D eigenvalue weighted by atomic mass is 10.1. The van der Waals surface area contributed by atoms with Crippen LogP contribution in [0.25, 0.3) is 0 Å². The van der Waals surface area contributed by atoms with Crippen LogP contribution in [0, 0.1) is 0 Å². The first-order valence-corrected chi connectivity index (χ1v) is 5.73. The largest absolute Gasteiger partial charge is 0.309 e. The van der Waals surface area contributed by atoms with Crippen LogP contribution in [0.4, 0.5) is 0 Å². The lowest BCUT2D eigenvalue weighted by molar-refractivity contribution is 0.757. The van der Waals surface area contributed by atoms with E-state index in [4.69, 9.17) is 11.6 Å². The normalized spacial score (nSPS) is 10.1. The topological polar surface area (TPSA) is 12.0 Å². The molecule has 0 bridgehead atoms. The Morgan fingerprint density at radius 1 is 1.20 bits per heavy atom. The summed E-state index contributed by atoms with van der Waals surface area (Å²) in [7, 11) is 0. The monoisotopic (exact) mass is 223 g/mol. The maximum absolute atomic E-state index is 5.72. The molecule has 0 aliphatic carbocycles. The first-order valence-electron chi connectivity index (χ1n) is 5.20. The molecule has 2 heteroatoms. The standard InChI is InChI=1S/C13H18ClN/c1-11(2)7-8-15-10-13-5-3-12(9-14)4-6-13/h3-7,15H,8-10H2,1-2H3. The molecule has 1 N–H and O–H groups in total. The number of hydrogen-bond acceptors (Lipinski definition) is 1. The van der Waals surface area contributed by atoms with E-state index in [-0.39, 0.29) is 0 Å². The van der Waals surface area contributed by atoms with Gasteiger partial charge in [0.1, 0.15) is 0 Å². The molecule has 0 aliphatic heterocycles. The molecular weight excluding hydrogens is 206 g/mol. The minimum atomic E-state index is 0.589. The highest BCUT2D eigenvalue weighted by molar-refractivity contribution is 6.17. The van der Waals surface area contributed by atoms with E-state index >= 15 is 0 Å². The van der Waals surface area contributed by atoms with Crippen LogP contribution in [0.3, 0.4) is 0 Å². The molecule has 0 aliphatic rings. The molecule has 0 fully saturated rings. The summed E-state index contributed by atoms with van der Waals surface area (Å²) in [6.45, 7) is 6.06. The van der Waals surface area contributed by atoms with E-state index in [0.29, 0.717) is 5.88 Å². The van der Waals surface area contributed by atoms with Gasteiger partial charge < -0.3 is 5.32 Å². The maximum atomic E-state index is 5.72. The van der Waals surface area contributed by atoms with Crippen LogP contribution in [0.2, 0.25) is 0 Å². The Balaban J connectivity index is 2.35. The molecule has 0 atom stereocenters. The molecule has 0 amide bonds. The minimum Gasteiger partial charge on any atom is -0.309 e. The SMILES string of the molecule is CC(C)=CCNCc1ccc(CCl)cc1. The van der Waals surface area contributed by atoms with Gasteiger partial charge in [-0.2, -0.15) is 0 Å². The summed E-state index contributed by atoms with van der Waals surface area (Å²) in [5, 5.41) is 3.36. The molecule has 1 aromatic rings. The van der Waals surface area contributed by atoms with Crippen LogP contribution in [0.5, 0.6) is 0 Å². The molecule has 1 aromatic carbocycles. The molecule has 0 spiro atoms. The van der Waals surface area contributed by atoms with Gasteiger partial charge in [0.2, 0.25) is 0 Å². The minimum absolute atomic E-state index is 0.589. The summed E-state index contributed by atoms with van der Waals surface area (Å²) >= 11 is 5.72. The Hall–Kier alpha value is -0.790. The van der Waals surface area contributed by atoms with Crippen molar-refractivity contribution in [3.8, 4) is 0 Å². The van der Waals surface area contributed by atoms with Gasteiger partial charge in [-0.1, -0.05) is 35.9 Å². The number of rotatable bonds is 5. The van der Waals surface area contributed by atoms with Crippen LogP contribution >= 0.6 is 11.6 Å². The first-order chi connectivity index (χ1) is 7.22. The molecule has 0 radical (unpaired) electrons. The Morgan fingerprint density at radius 2 is 1.80 bits per heavy atom. The third-order valence-electron chi connectivity index (χ3n) is 2.16. The molecule has 0 aromatic heterocycles. The van der Waals surface area contributed by atoms with Crippen LogP contribution in [0.1, 0.15) is 25.0 Å². The fourth-order valence-corrected chi connectivity index (χ4v) is 1.42. The number of allylic oxidation sites excluding steroid dienone is 1. The average Bonchev–Trinajstić information content (AvgIpc) is 2.25. The van der Waals surface area contributed by atoms with Crippen molar-refractivity contribution in [3.05, 3.63) is 47.0 Å². The zero-order valence-corrected chi connectivity index (χ0v) is 10.1. The third-order valence-corrected chi connectivity index (χ3v) is 2.47. The zero-order chi connectivity index (χ0) is 11.1. The predicted octanol–water partition coefficient (Wildman–Crippen LogP) is 3.48. The number of benzene rings is 1. The second-order valence-corrected chi connectivity index (χ2v) is 4.13. The highest BCUT2D eigenvalue weighted by Crippen LogP contribution is 2.06. The van der Waals surface area contributed by atoms with Gasteiger partial charge in [-0.25, -0.2) is 0 Å². The second kappa shape index (κ2) is 6.65. The molecule has 0 saturated carbocycles. The smallest absolute Gasteiger partial charge is 0.0474 e. The van der Waals surface area contributed by atoms with E-state index < -0.39 is 0 Å². The van der Waals surface area contributed by atoms with Gasteiger partial charge in [0.25, 0.3) is 0 Å². The summed E-state index contributed by atoms with van der Waals surface area (Å²) < 4.78 is 0. The van der Waals surface area contributed by atoms with Gasteiger partial charge in [-0.05, 0) is 25.0 Å². The van der Waals surface area contributed by atoms with Crippen molar-refractivity contribution in [2.75, 3.05) is 6.54 Å². The van der Waals surface area contributed by atoms with Gasteiger partial charge in [-0.15, -0.1) is 11.6 Å². The molecule has 0 heterocycles. The first kappa shape index (κ1) is 12.3. The number of nitrogens with one attached hydrogen (secondary N) is 1. The predicted molar refractivity (Wildman–Crippen MR) is 67.1 cm³/mol. The van der Waals surface area contributed by atoms with Crippen LogP contribution in [-0.4, -0.2) is 6.54 Å². The second-order valence-electron chi connectivity index (χ2n) is 3.86. The van der Waals surface area contributed by atoms with E-state index in [9.17, 15) is 0 Å². The molecular formula is C13H18ClN. The lowest BCUT2D eigenvalue weighted by Crippen LogP contribution is -2.12. The van der Waals surface area contributed by atoms with Gasteiger partial charge in [0, 0.05) is 19.0 Å². The summed E-state index contributed by atoms with van der Waals surface area (Å²) in [5.74, 6) is 0.589. The molecule has 15 heavy (non-hydrogen) atoms. The molecule has 0 unspecified atom stereocenters. The van der Waals surface area contributed by atoms with Crippen molar-refractivity contribution in [3.63, 3.8) is 0 Å². The maximum Gasteiger partial charge on any atom is 0.0474 e. The van der Waals surface area contributed by atoms with Crippen LogP contribution < -0.4 is 5.32 Å². The molecule has 82 valence electrons. The van der Waals surface area contributed by atoms with E-state index in [1.54, 1.807) is 0 Å². The highest BCUT2D eigenvalue weighted by Gasteiger charge is 1.92. The Bertz CT molecular complexity index is 310. The third kappa shape index (κ3) is 5.01. The molecule has 1 nitrogen and oxygen atoms in total. The van der Waals surface area contributed by atoms with Crippen molar-refractivity contribution in [2.45, 2.75) is 26.3 Å². The quantitative estimate of drug-likeness (QED) is 0.458. The van der Waals surface area contributed by atoms with E-state index in [1.807, 2.05) is 0 Å². The Morgan fingerprint density at radius 3 is 2.33 bits per heavy atom. The van der Waals surface area contributed by atoms with E-state index in [0.717, 1.165) is 13.1 Å².